The Kier molecular flexibility index (Phi) is 2.85. The number of aromatic nitrogens is 2. The fraction of sp³-hybridized carbons (Fsp3) is 0.333. The number of fused-ring (bicyclic) bond motifs is 1. The molecular weight excluding hydrogens is 218 g/mol. The van der Waals surface area contributed by atoms with Crippen molar-refractivity contribution in [2.45, 2.75) is 13.6 Å². The minimum atomic E-state index is -0.300. The van der Waals surface area contributed by atoms with Crippen LogP contribution in [0.5, 0.6) is 0 Å². The lowest BCUT2D eigenvalue weighted by Crippen LogP contribution is -2.41. The molecule has 2 aromatic rings. The van der Waals surface area contributed by atoms with Gasteiger partial charge in [-0.3, -0.25) is 9.36 Å². The molecular formula is C12H15N3O2. The molecule has 0 saturated heterocycles. The van der Waals surface area contributed by atoms with Gasteiger partial charge in [-0.25, -0.2) is 9.36 Å². The highest BCUT2D eigenvalue weighted by Crippen LogP contribution is 2.11. The number of nitrogens with one attached hydrogen (secondary N) is 1. The van der Waals surface area contributed by atoms with Gasteiger partial charge < -0.3 is 5.32 Å². The summed E-state index contributed by atoms with van der Waals surface area (Å²) in [6.07, 6.45) is 0. The van der Waals surface area contributed by atoms with Gasteiger partial charge in [0.1, 0.15) is 0 Å². The van der Waals surface area contributed by atoms with E-state index in [0.717, 1.165) is 5.56 Å². The molecule has 17 heavy (non-hydrogen) atoms. The Labute approximate surface area is 98.3 Å². The minimum absolute atomic E-state index is 0.218. The number of hydrogen-bond acceptors (Lipinski definition) is 3. The molecule has 0 saturated carbocycles. The van der Waals surface area contributed by atoms with Crippen molar-refractivity contribution in [2.75, 3.05) is 7.05 Å². The Morgan fingerprint density at radius 1 is 1.29 bits per heavy atom. The predicted octanol–water partition coefficient (Wildman–Crippen LogP) is 0.186. The SMILES string of the molecule is CNCn1c(=O)c2cccc(C)c2n(C)c1=O. The van der Waals surface area contributed by atoms with Crippen LogP contribution in [-0.4, -0.2) is 16.2 Å². The second-order valence-electron chi connectivity index (χ2n) is 4.06. The Morgan fingerprint density at radius 3 is 2.65 bits per heavy atom. The van der Waals surface area contributed by atoms with Crippen molar-refractivity contribution in [3.8, 4) is 0 Å². The second-order valence-corrected chi connectivity index (χ2v) is 4.06. The number of para-hydroxylation sites is 1. The van der Waals surface area contributed by atoms with Gasteiger partial charge >= 0.3 is 5.69 Å². The van der Waals surface area contributed by atoms with Gasteiger partial charge in [0.2, 0.25) is 0 Å². The van der Waals surface area contributed by atoms with Crippen LogP contribution in [0.25, 0.3) is 10.9 Å². The van der Waals surface area contributed by atoms with Crippen LogP contribution in [0.15, 0.2) is 27.8 Å². The van der Waals surface area contributed by atoms with Crippen molar-refractivity contribution in [1.29, 1.82) is 0 Å². The maximum Gasteiger partial charge on any atom is 0.332 e. The topological polar surface area (TPSA) is 56.0 Å². The number of rotatable bonds is 2. The normalized spacial score (nSPS) is 11.0. The quantitative estimate of drug-likeness (QED) is 0.805. The number of benzene rings is 1. The molecule has 90 valence electrons. The molecule has 1 heterocycles. The summed E-state index contributed by atoms with van der Waals surface area (Å²) in [5.41, 5.74) is 1.08. The molecule has 1 N–H and O–H groups in total. The summed E-state index contributed by atoms with van der Waals surface area (Å²) in [5, 5.41) is 3.39. The van der Waals surface area contributed by atoms with E-state index in [9.17, 15) is 9.59 Å². The van der Waals surface area contributed by atoms with Gasteiger partial charge in [0.25, 0.3) is 5.56 Å². The summed E-state index contributed by atoms with van der Waals surface area (Å²) in [6.45, 7) is 2.11. The highest BCUT2D eigenvalue weighted by atomic mass is 16.2. The van der Waals surface area contributed by atoms with Gasteiger partial charge in [-0.15, -0.1) is 0 Å². The first kappa shape index (κ1) is 11.6. The fourth-order valence-corrected chi connectivity index (χ4v) is 2.08. The molecule has 5 heteroatoms. The highest BCUT2D eigenvalue weighted by Gasteiger charge is 2.11. The Bertz CT molecular complexity index is 682. The van der Waals surface area contributed by atoms with Crippen LogP contribution in [0.2, 0.25) is 0 Å². The zero-order valence-electron chi connectivity index (χ0n) is 10.2. The molecule has 0 aliphatic heterocycles. The van der Waals surface area contributed by atoms with Crippen molar-refractivity contribution in [1.82, 2.24) is 14.5 Å². The van der Waals surface area contributed by atoms with Gasteiger partial charge in [0.05, 0.1) is 17.6 Å². The fourth-order valence-electron chi connectivity index (χ4n) is 2.08. The van der Waals surface area contributed by atoms with Crippen LogP contribution in [-0.2, 0) is 13.7 Å². The van der Waals surface area contributed by atoms with Gasteiger partial charge in [-0.1, -0.05) is 12.1 Å². The van der Waals surface area contributed by atoms with Gasteiger partial charge in [-0.2, -0.15) is 0 Å². The summed E-state index contributed by atoms with van der Waals surface area (Å²) >= 11 is 0. The zero-order valence-corrected chi connectivity index (χ0v) is 10.2. The average Bonchev–Trinajstić information content (AvgIpc) is 2.31. The first-order valence-electron chi connectivity index (χ1n) is 5.41. The molecule has 0 unspecified atom stereocenters. The highest BCUT2D eigenvalue weighted by molar-refractivity contribution is 5.81. The molecule has 1 aromatic carbocycles. The van der Waals surface area contributed by atoms with Gasteiger partial charge in [0.15, 0.2) is 0 Å². The van der Waals surface area contributed by atoms with E-state index in [4.69, 9.17) is 0 Å². The lowest BCUT2D eigenvalue weighted by Gasteiger charge is -2.11. The third-order valence-corrected chi connectivity index (χ3v) is 2.88. The van der Waals surface area contributed by atoms with Crippen LogP contribution >= 0.6 is 0 Å². The summed E-state index contributed by atoms with van der Waals surface area (Å²) in [5.74, 6) is 0. The smallest absolute Gasteiger partial charge is 0.302 e. The number of aryl methyl sites for hydroxylation is 2. The van der Waals surface area contributed by atoms with E-state index in [0.29, 0.717) is 10.9 Å². The Hall–Kier alpha value is -1.88. The molecule has 0 spiro atoms. The first-order valence-corrected chi connectivity index (χ1v) is 5.41. The van der Waals surface area contributed by atoms with E-state index in [1.165, 1.54) is 9.13 Å². The average molecular weight is 233 g/mol. The maximum absolute atomic E-state index is 12.2. The lowest BCUT2D eigenvalue weighted by atomic mass is 10.1. The molecule has 0 amide bonds. The van der Waals surface area contributed by atoms with Crippen LogP contribution in [0.1, 0.15) is 5.56 Å². The molecule has 0 atom stereocenters. The van der Waals surface area contributed by atoms with Crippen molar-refractivity contribution in [3.05, 3.63) is 44.6 Å². The van der Waals surface area contributed by atoms with E-state index in [-0.39, 0.29) is 17.9 Å². The van der Waals surface area contributed by atoms with Crippen molar-refractivity contribution in [2.24, 2.45) is 7.05 Å². The van der Waals surface area contributed by atoms with E-state index >= 15 is 0 Å². The molecule has 0 bridgehead atoms. The number of hydrogen-bond donors (Lipinski definition) is 1. The first-order chi connectivity index (χ1) is 8.07. The van der Waals surface area contributed by atoms with Crippen molar-refractivity contribution in [3.63, 3.8) is 0 Å². The largest absolute Gasteiger partial charge is 0.332 e. The Balaban J connectivity index is 3.01. The van der Waals surface area contributed by atoms with Crippen molar-refractivity contribution >= 4 is 10.9 Å². The predicted molar refractivity (Wildman–Crippen MR) is 67.2 cm³/mol. The van der Waals surface area contributed by atoms with Crippen LogP contribution in [0.3, 0.4) is 0 Å². The third kappa shape index (κ3) is 1.68. The monoisotopic (exact) mass is 233 g/mol. The van der Waals surface area contributed by atoms with E-state index in [1.54, 1.807) is 20.2 Å². The van der Waals surface area contributed by atoms with Gasteiger partial charge in [-0.05, 0) is 25.6 Å². The summed E-state index contributed by atoms with van der Waals surface area (Å²) in [4.78, 5) is 24.2. The third-order valence-electron chi connectivity index (χ3n) is 2.88. The number of nitrogens with zero attached hydrogens (tertiary/aromatic N) is 2. The zero-order chi connectivity index (χ0) is 12.6. The standard InChI is InChI=1S/C12H15N3O2/c1-8-5-4-6-9-10(8)14(3)12(17)15(7-13-2)11(9)16/h4-6,13H,7H2,1-3H3. The molecule has 2 rings (SSSR count). The lowest BCUT2D eigenvalue weighted by molar-refractivity contribution is 0.553. The molecule has 0 aliphatic rings. The second kappa shape index (κ2) is 4.18. The van der Waals surface area contributed by atoms with E-state index in [1.807, 2.05) is 19.1 Å². The van der Waals surface area contributed by atoms with Crippen molar-refractivity contribution < 1.29 is 0 Å². The Morgan fingerprint density at radius 2 is 2.00 bits per heavy atom. The van der Waals surface area contributed by atoms with Crippen LogP contribution in [0.4, 0.5) is 0 Å². The minimum Gasteiger partial charge on any atom is -0.302 e. The summed E-state index contributed by atoms with van der Waals surface area (Å²) in [7, 11) is 3.38. The summed E-state index contributed by atoms with van der Waals surface area (Å²) < 4.78 is 2.71. The summed E-state index contributed by atoms with van der Waals surface area (Å²) in [6, 6.07) is 5.47. The maximum atomic E-state index is 12.2. The van der Waals surface area contributed by atoms with Crippen LogP contribution < -0.4 is 16.6 Å². The van der Waals surface area contributed by atoms with Crippen LogP contribution in [0, 0.1) is 6.92 Å². The van der Waals surface area contributed by atoms with Gasteiger partial charge in [0, 0.05) is 7.05 Å². The molecule has 1 aromatic heterocycles. The molecule has 0 fully saturated rings. The molecule has 5 nitrogen and oxygen atoms in total. The molecule has 0 radical (unpaired) electrons. The van der Waals surface area contributed by atoms with E-state index < -0.39 is 0 Å². The molecule has 0 aliphatic carbocycles. The van der Waals surface area contributed by atoms with E-state index in [2.05, 4.69) is 5.32 Å².